The molecule has 0 amide bonds. The van der Waals surface area contributed by atoms with Crippen LogP contribution >= 0.6 is 0 Å². The van der Waals surface area contributed by atoms with Crippen LogP contribution in [0.3, 0.4) is 0 Å². The number of benzene rings is 2. The third kappa shape index (κ3) is 1.48. The van der Waals surface area contributed by atoms with Gasteiger partial charge < -0.3 is 9.47 Å². The minimum absolute atomic E-state index is 0.855. The highest BCUT2D eigenvalue weighted by atomic mass is 16.5. The van der Waals surface area contributed by atoms with Gasteiger partial charge in [0.15, 0.2) is 0 Å². The van der Waals surface area contributed by atoms with E-state index < -0.39 is 0 Å². The molecule has 0 heterocycles. The lowest BCUT2D eigenvalue weighted by Crippen LogP contribution is -1.91. The summed E-state index contributed by atoms with van der Waals surface area (Å²) in [6.07, 6.45) is 0.957. The number of rotatable bonds is 2. The van der Waals surface area contributed by atoms with Gasteiger partial charge in [-0.3, -0.25) is 0 Å². The Morgan fingerprint density at radius 3 is 2.53 bits per heavy atom. The normalized spacial score (nSPS) is 11.9. The Bertz CT molecular complexity index is 573. The zero-order valence-corrected chi connectivity index (χ0v) is 9.99. The van der Waals surface area contributed by atoms with Crippen LogP contribution in [0.2, 0.25) is 0 Å². The molecule has 0 fully saturated rings. The Morgan fingerprint density at radius 2 is 1.76 bits per heavy atom. The first-order valence-corrected chi connectivity index (χ1v) is 5.66. The standard InChI is InChI=1S/C15H14O2/c1-16-12-8-11-7-10-5-3-4-6-13(10)15(11)14(9-12)17-2/h3-6,8-9H,7H2,1-2H3. The first-order chi connectivity index (χ1) is 8.33. The van der Waals surface area contributed by atoms with Crippen LogP contribution in [-0.2, 0) is 6.42 Å². The van der Waals surface area contributed by atoms with Gasteiger partial charge in [-0.1, -0.05) is 24.3 Å². The molecule has 0 N–H and O–H groups in total. The monoisotopic (exact) mass is 226 g/mol. The van der Waals surface area contributed by atoms with Crippen LogP contribution in [-0.4, -0.2) is 14.2 Å². The molecule has 2 aromatic rings. The second-order valence-corrected chi connectivity index (χ2v) is 4.20. The van der Waals surface area contributed by atoms with Crippen LogP contribution < -0.4 is 9.47 Å². The molecule has 0 saturated heterocycles. The van der Waals surface area contributed by atoms with Gasteiger partial charge in [0.05, 0.1) is 14.2 Å². The Kier molecular flexibility index (Phi) is 2.29. The molecule has 0 radical (unpaired) electrons. The minimum Gasteiger partial charge on any atom is -0.497 e. The van der Waals surface area contributed by atoms with Gasteiger partial charge in [0.25, 0.3) is 0 Å². The fourth-order valence-corrected chi connectivity index (χ4v) is 2.49. The molecule has 0 aromatic heterocycles. The molecule has 2 nitrogen and oxygen atoms in total. The summed E-state index contributed by atoms with van der Waals surface area (Å²) in [7, 11) is 3.39. The fraction of sp³-hybridized carbons (Fsp3) is 0.200. The Labute approximate surface area is 101 Å². The molecule has 0 unspecified atom stereocenters. The maximum Gasteiger partial charge on any atom is 0.130 e. The van der Waals surface area contributed by atoms with E-state index >= 15 is 0 Å². The average molecular weight is 226 g/mol. The molecular formula is C15H14O2. The summed E-state index contributed by atoms with van der Waals surface area (Å²) in [4.78, 5) is 0. The maximum absolute atomic E-state index is 5.48. The van der Waals surface area contributed by atoms with E-state index in [4.69, 9.17) is 9.47 Å². The summed E-state index contributed by atoms with van der Waals surface area (Å²) >= 11 is 0. The zero-order chi connectivity index (χ0) is 11.8. The lowest BCUT2D eigenvalue weighted by molar-refractivity contribution is 0.395. The van der Waals surface area contributed by atoms with E-state index in [1.807, 2.05) is 6.07 Å². The summed E-state index contributed by atoms with van der Waals surface area (Å²) in [5.74, 6) is 1.75. The second-order valence-electron chi connectivity index (χ2n) is 4.20. The van der Waals surface area contributed by atoms with Gasteiger partial charge in [-0.2, -0.15) is 0 Å². The molecule has 2 heteroatoms. The van der Waals surface area contributed by atoms with E-state index in [9.17, 15) is 0 Å². The molecule has 86 valence electrons. The van der Waals surface area contributed by atoms with Crippen molar-refractivity contribution in [1.82, 2.24) is 0 Å². The quantitative estimate of drug-likeness (QED) is 0.667. The molecule has 1 aliphatic rings. The van der Waals surface area contributed by atoms with E-state index in [1.165, 1.54) is 22.3 Å². The van der Waals surface area contributed by atoms with Crippen molar-refractivity contribution >= 4 is 0 Å². The van der Waals surface area contributed by atoms with Gasteiger partial charge >= 0.3 is 0 Å². The molecule has 1 aliphatic carbocycles. The third-order valence-corrected chi connectivity index (χ3v) is 3.28. The largest absolute Gasteiger partial charge is 0.497 e. The third-order valence-electron chi connectivity index (χ3n) is 3.28. The zero-order valence-electron chi connectivity index (χ0n) is 9.99. The molecular weight excluding hydrogens is 212 g/mol. The van der Waals surface area contributed by atoms with E-state index in [1.54, 1.807) is 14.2 Å². The summed E-state index contributed by atoms with van der Waals surface area (Å²) < 4.78 is 10.8. The Morgan fingerprint density at radius 1 is 0.941 bits per heavy atom. The van der Waals surface area contributed by atoms with Gasteiger partial charge in [0.2, 0.25) is 0 Å². The van der Waals surface area contributed by atoms with Gasteiger partial charge in [-0.15, -0.1) is 0 Å². The first-order valence-electron chi connectivity index (χ1n) is 5.66. The molecule has 17 heavy (non-hydrogen) atoms. The van der Waals surface area contributed by atoms with E-state index in [0.717, 1.165) is 17.9 Å². The number of fused-ring (bicyclic) bond motifs is 3. The number of ether oxygens (including phenoxy) is 2. The number of hydrogen-bond donors (Lipinski definition) is 0. The predicted molar refractivity (Wildman–Crippen MR) is 67.8 cm³/mol. The van der Waals surface area contributed by atoms with Crippen molar-refractivity contribution < 1.29 is 9.47 Å². The van der Waals surface area contributed by atoms with Crippen LogP contribution in [0.4, 0.5) is 0 Å². The molecule has 0 saturated carbocycles. The molecule has 0 bridgehead atoms. The molecule has 3 rings (SSSR count). The molecule has 0 spiro atoms. The molecule has 2 aromatic carbocycles. The van der Waals surface area contributed by atoms with Crippen LogP contribution in [0.5, 0.6) is 11.5 Å². The second kappa shape index (κ2) is 3.81. The smallest absolute Gasteiger partial charge is 0.130 e. The van der Waals surface area contributed by atoms with Crippen LogP contribution in [0.1, 0.15) is 11.1 Å². The van der Waals surface area contributed by atoms with Crippen molar-refractivity contribution in [3.05, 3.63) is 47.5 Å². The van der Waals surface area contributed by atoms with Crippen molar-refractivity contribution in [3.8, 4) is 22.6 Å². The van der Waals surface area contributed by atoms with Crippen LogP contribution in [0.25, 0.3) is 11.1 Å². The van der Waals surface area contributed by atoms with Crippen molar-refractivity contribution in [1.29, 1.82) is 0 Å². The summed E-state index contributed by atoms with van der Waals surface area (Å²) in [6, 6.07) is 12.5. The highest BCUT2D eigenvalue weighted by Crippen LogP contribution is 2.44. The Balaban J connectivity index is 2.25. The van der Waals surface area contributed by atoms with Crippen molar-refractivity contribution in [2.24, 2.45) is 0 Å². The SMILES string of the molecule is COc1cc2c(c(OC)c1)-c1ccccc1C2. The number of methoxy groups -OCH3 is 2. The van der Waals surface area contributed by atoms with Gasteiger partial charge in [-0.05, 0) is 29.2 Å². The maximum atomic E-state index is 5.48. The minimum atomic E-state index is 0.855. The topological polar surface area (TPSA) is 18.5 Å². The van der Waals surface area contributed by atoms with E-state index in [0.29, 0.717) is 0 Å². The van der Waals surface area contributed by atoms with Crippen LogP contribution in [0, 0.1) is 0 Å². The fourth-order valence-electron chi connectivity index (χ4n) is 2.49. The highest BCUT2D eigenvalue weighted by molar-refractivity contribution is 5.82. The number of hydrogen-bond acceptors (Lipinski definition) is 2. The lowest BCUT2D eigenvalue weighted by Gasteiger charge is -2.10. The highest BCUT2D eigenvalue weighted by Gasteiger charge is 2.22. The summed E-state index contributed by atoms with van der Waals surface area (Å²) in [5.41, 5.74) is 5.13. The van der Waals surface area contributed by atoms with Crippen molar-refractivity contribution in [2.45, 2.75) is 6.42 Å². The van der Waals surface area contributed by atoms with Gasteiger partial charge in [-0.25, -0.2) is 0 Å². The predicted octanol–water partition coefficient (Wildman–Crippen LogP) is 3.28. The van der Waals surface area contributed by atoms with E-state index in [-0.39, 0.29) is 0 Å². The molecule has 0 atom stereocenters. The van der Waals surface area contributed by atoms with E-state index in [2.05, 4.69) is 30.3 Å². The summed E-state index contributed by atoms with van der Waals surface area (Å²) in [5, 5.41) is 0. The first kappa shape index (κ1) is 10.2. The van der Waals surface area contributed by atoms with Crippen molar-refractivity contribution in [2.75, 3.05) is 14.2 Å². The van der Waals surface area contributed by atoms with Crippen molar-refractivity contribution in [3.63, 3.8) is 0 Å². The van der Waals surface area contributed by atoms with Gasteiger partial charge in [0.1, 0.15) is 11.5 Å². The lowest BCUT2D eigenvalue weighted by atomic mass is 10.0. The average Bonchev–Trinajstić information content (AvgIpc) is 2.75. The molecule has 0 aliphatic heterocycles. The Hall–Kier alpha value is -1.96. The summed E-state index contributed by atoms with van der Waals surface area (Å²) in [6.45, 7) is 0. The van der Waals surface area contributed by atoms with Crippen LogP contribution in [0.15, 0.2) is 36.4 Å². The van der Waals surface area contributed by atoms with Gasteiger partial charge in [0, 0.05) is 11.6 Å².